The molecule has 0 spiro atoms. The Kier molecular flexibility index (Phi) is 4.89. The first-order valence-corrected chi connectivity index (χ1v) is 8.14. The second-order valence-corrected chi connectivity index (χ2v) is 6.13. The number of rotatable bonds is 3. The van der Waals surface area contributed by atoms with Gasteiger partial charge in [0.25, 0.3) is 0 Å². The van der Waals surface area contributed by atoms with Gasteiger partial charge in [0.15, 0.2) is 0 Å². The van der Waals surface area contributed by atoms with Gasteiger partial charge in [-0.25, -0.2) is 0 Å². The van der Waals surface area contributed by atoms with Crippen molar-refractivity contribution in [3.05, 3.63) is 52.4 Å². The molecule has 2 heterocycles. The van der Waals surface area contributed by atoms with E-state index in [9.17, 15) is 4.79 Å². The fourth-order valence-corrected chi connectivity index (χ4v) is 3.47. The van der Waals surface area contributed by atoms with Crippen molar-refractivity contribution < 1.29 is 9.53 Å². The van der Waals surface area contributed by atoms with Crippen LogP contribution in [0.3, 0.4) is 0 Å². The first-order chi connectivity index (χ1) is 10.9. The first kappa shape index (κ1) is 14.8. The molecule has 1 fully saturated rings. The van der Waals surface area contributed by atoms with E-state index in [0.717, 1.165) is 53.6 Å². The smallest absolute Gasteiger partial charge is 0.125 e. The summed E-state index contributed by atoms with van der Waals surface area (Å²) in [5.41, 5.74) is 2.01. The summed E-state index contributed by atoms with van der Waals surface area (Å²) in [6.45, 7) is 3.24. The number of morpholine rings is 1. The zero-order valence-corrected chi connectivity index (χ0v) is 13.1. The fourth-order valence-electron chi connectivity index (χ4n) is 2.37. The molecule has 2 aromatic rings. The minimum Gasteiger partial charge on any atom is -0.378 e. The first-order valence-electron chi connectivity index (χ1n) is 7.33. The molecule has 1 aromatic carbocycles. The molecular weight excluding hydrogens is 294 g/mol. The number of anilines is 1. The van der Waals surface area contributed by atoms with Crippen LogP contribution in [0.1, 0.15) is 16.0 Å². The van der Waals surface area contributed by atoms with Crippen molar-refractivity contribution >= 4 is 22.6 Å². The predicted molar refractivity (Wildman–Crippen MR) is 89.5 cm³/mol. The lowest BCUT2D eigenvalue weighted by Crippen LogP contribution is -2.36. The molecule has 0 N–H and O–H groups in total. The van der Waals surface area contributed by atoms with E-state index in [1.165, 1.54) is 0 Å². The number of benzene rings is 1. The fraction of sp³-hybridized carbons (Fsp3) is 0.278. The highest BCUT2D eigenvalue weighted by molar-refractivity contribution is 7.16. The molecule has 0 unspecified atom stereocenters. The SMILES string of the molecule is O=CCc1cc(C#Cc2ccccc2)c(N2CCOCC2)s1. The van der Waals surface area contributed by atoms with Gasteiger partial charge in [-0.2, -0.15) is 0 Å². The third-order valence-corrected chi connectivity index (χ3v) is 4.68. The molecule has 1 aliphatic heterocycles. The van der Waals surface area contributed by atoms with Gasteiger partial charge in [0, 0.05) is 30.0 Å². The van der Waals surface area contributed by atoms with Crippen molar-refractivity contribution in [2.75, 3.05) is 31.2 Å². The third-order valence-electron chi connectivity index (χ3n) is 3.46. The van der Waals surface area contributed by atoms with Crippen LogP contribution < -0.4 is 4.90 Å². The van der Waals surface area contributed by atoms with Gasteiger partial charge in [-0.05, 0) is 18.2 Å². The van der Waals surface area contributed by atoms with Crippen LogP contribution >= 0.6 is 11.3 Å². The summed E-state index contributed by atoms with van der Waals surface area (Å²) >= 11 is 1.66. The number of carbonyl (C=O) groups is 1. The summed E-state index contributed by atoms with van der Waals surface area (Å²) < 4.78 is 5.42. The third kappa shape index (κ3) is 3.56. The molecule has 3 rings (SSSR count). The average molecular weight is 311 g/mol. The van der Waals surface area contributed by atoms with E-state index in [2.05, 4.69) is 16.7 Å². The largest absolute Gasteiger partial charge is 0.378 e. The molecule has 0 saturated carbocycles. The van der Waals surface area contributed by atoms with Gasteiger partial charge in [-0.3, -0.25) is 0 Å². The van der Waals surface area contributed by atoms with Gasteiger partial charge < -0.3 is 14.4 Å². The Balaban J connectivity index is 1.91. The summed E-state index contributed by atoms with van der Waals surface area (Å²) in [4.78, 5) is 14.2. The number of hydrogen-bond acceptors (Lipinski definition) is 4. The lowest BCUT2D eigenvalue weighted by molar-refractivity contribution is -0.107. The zero-order valence-electron chi connectivity index (χ0n) is 12.2. The predicted octanol–water partition coefficient (Wildman–Crippen LogP) is 2.73. The monoisotopic (exact) mass is 311 g/mol. The highest BCUT2D eigenvalue weighted by Gasteiger charge is 2.17. The Hall–Kier alpha value is -2.09. The van der Waals surface area contributed by atoms with Crippen LogP contribution in [0.4, 0.5) is 5.00 Å². The van der Waals surface area contributed by atoms with Gasteiger partial charge >= 0.3 is 0 Å². The van der Waals surface area contributed by atoms with Crippen molar-refractivity contribution in [3.8, 4) is 11.8 Å². The maximum absolute atomic E-state index is 10.8. The molecule has 0 radical (unpaired) electrons. The van der Waals surface area contributed by atoms with Gasteiger partial charge in [0.1, 0.15) is 11.3 Å². The van der Waals surface area contributed by atoms with Gasteiger partial charge in [0.2, 0.25) is 0 Å². The second kappa shape index (κ2) is 7.26. The molecule has 4 heteroatoms. The van der Waals surface area contributed by atoms with Crippen LogP contribution in [-0.2, 0) is 16.0 Å². The minimum atomic E-state index is 0.453. The summed E-state index contributed by atoms with van der Waals surface area (Å²) in [5, 5.41) is 1.16. The Morgan fingerprint density at radius 3 is 2.68 bits per heavy atom. The molecule has 0 bridgehead atoms. The Morgan fingerprint density at radius 2 is 1.95 bits per heavy atom. The summed E-state index contributed by atoms with van der Waals surface area (Å²) in [5.74, 6) is 6.47. The number of carbonyl (C=O) groups excluding carboxylic acids is 1. The highest BCUT2D eigenvalue weighted by Crippen LogP contribution is 2.32. The van der Waals surface area contributed by atoms with E-state index >= 15 is 0 Å². The molecule has 1 aromatic heterocycles. The lowest BCUT2D eigenvalue weighted by Gasteiger charge is -2.27. The molecule has 0 atom stereocenters. The second-order valence-electron chi connectivity index (χ2n) is 5.02. The molecule has 0 amide bonds. The number of ether oxygens (including phenoxy) is 1. The minimum absolute atomic E-state index is 0.453. The Bertz CT molecular complexity index is 691. The maximum atomic E-state index is 10.8. The zero-order chi connectivity index (χ0) is 15.2. The lowest BCUT2D eigenvalue weighted by atomic mass is 10.2. The number of aldehydes is 1. The van der Waals surface area contributed by atoms with Crippen LogP contribution in [0.2, 0.25) is 0 Å². The molecule has 1 aliphatic rings. The topological polar surface area (TPSA) is 29.5 Å². The molecule has 0 aliphatic carbocycles. The molecule has 22 heavy (non-hydrogen) atoms. The van der Waals surface area contributed by atoms with Crippen LogP contribution in [0.25, 0.3) is 0 Å². The molecular formula is C18H17NO2S. The molecule has 3 nitrogen and oxygen atoms in total. The van der Waals surface area contributed by atoms with Gasteiger partial charge in [-0.1, -0.05) is 30.0 Å². The van der Waals surface area contributed by atoms with Crippen molar-refractivity contribution in [2.45, 2.75) is 6.42 Å². The van der Waals surface area contributed by atoms with Gasteiger partial charge in [0.05, 0.1) is 18.8 Å². The number of thiophene rings is 1. The summed E-state index contributed by atoms with van der Waals surface area (Å²) in [6, 6.07) is 12.0. The van der Waals surface area contributed by atoms with E-state index in [1.807, 2.05) is 36.4 Å². The van der Waals surface area contributed by atoms with Crippen LogP contribution in [0.15, 0.2) is 36.4 Å². The molecule has 1 saturated heterocycles. The van der Waals surface area contributed by atoms with E-state index in [4.69, 9.17) is 4.74 Å². The average Bonchev–Trinajstić information content (AvgIpc) is 2.98. The van der Waals surface area contributed by atoms with Crippen molar-refractivity contribution in [3.63, 3.8) is 0 Å². The van der Waals surface area contributed by atoms with Crippen molar-refractivity contribution in [2.24, 2.45) is 0 Å². The van der Waals surface area contributed by atoms with Crippen LogP contribution in [0.5, 0.6) is 0 Å². The van der Waals surface area contributed by atoms with Crippen LogP contribution in [-0.4, -0.2) is 32.6 Å². The van der Waals surface area contributed by atoms with E-state index < -0.39 is 0 Å². The van der Waals surface area contributed by atoms with Crippen LogP contribution in [0, 0.1) is 11.8 Å². The van der Waals surface area contributed by atoms with Crippen molar-refractivity contribution in [1.82, 2.24) is 0 Å². The highest BCUT2D eigenvalue weighted by atomic mass is 32.1. The number of nitrogens with zero attached hydrogens (tertiary/aromatic N) is 1. The number of hydrogen-bond donors (Lipinski definition) is 0. The summed E-state index contributed by atoms with van der Waals surface area (Å²) in [7, 11) is 0. The quantitative estimate of drug-likeness (QED) is 0.645. The normalized spacial score (nSPS) is 14.3. The van der Waals surface area contributed by atoms with E-state index in [-0.39, 0.29) is 0 Å². The molecule has 112 valence electrons. The van der Waals surface area contributed by atoms with E-state index in [0.29, 0.717) is 6.42 Å². The maximum Gasteiger partial charge on any atom is 0.125 e. The Labute approximate surface area is 134 Å². The van der Waals surface area contributed by atoms with Crippen molar-refractivity contribution in [1.29, 1.82) is 0 Å². The van der Waals surface area contributed by atoms with Gasteiger partial charge in [-0.15, -0.1) is 11.3 Å². The Morgan fingerprint density at radius 1 is 1.18 bits per heavy atom. The summed E-state index contributed by atoms with van der Waals surface area (Å²) in [6.07, 6.45) is 1.40. The standard InChI is InChI=1S/C18H17NO2S/c20-11-8-17-14-16(7-6-15-4-2-1-3-5-15)18(22-17)19-9-12-21-13-10-19/h1-5,11,14H,8-10,12-13H2. The van der Waals surface area contributed by atoms with E-state index in [1.54, 1.807) is 11.3 Å².